The second-order valence-corrected chi connectivity index (χ2v) is 5.42. The Balaban J connectivity index is 2.19. The van der Waals surface area contributed by atoms with E-state index in [9.17, 15) is 14.4 Å². The molecular weight excluding hydrogens is 252 g/mol. The fraction of sp³-hybridized carbons (Fsp3) is 0.750. The van der Waals surface area contributed by atoms with Crippen LogP contribution in [0.2, 0.25) is 0 Å². The largest absolute Gasteiger partial charge is 0.354 e. The molecule has 3 amide bonds. The van der Waals surface area contributed by atoms with Gasteiger partial charge in [-0.15, -0.1) is 0 Å². The maximum atomic E-state index is 11.6. The molecule has 1 rings (SSSR count). The lowest BCUT2D eigenvalue weighted by Gasteiger charge is -2.14. The smallest absolute Gasteiger partial charge is 0.232 e. The van der Waals surface area contributed by atoms with E-state index in [1.54, 1.807) is 18.7 Å². The van der Waals surface area contributed by atoms with Crippen molar-refractivity contribution in [1.82, 2.24) is 10.2 Å². The molecule has 1 atom stereocenters. The van der Waals surface area contributed by atoms with Crippen LogP contribution in [0.15, 0.2) is 0 Å². The summed E-state index contributed by atoms with van der Waals surface area (Å²) in [5.41, 5.74) is 0. The van der Waals surface area contributed by atoms with Gasteiger partial charge in [-0.1, -0.05) is 6.92 Å². The Bertz CT molecular complexity index is 333. The third kappa shape index (κ3) is 4.33. The van der Waals surface area contributed by atoms with E-state index in [1.807, 2.05) is 6.26 Å². The minimum absolute atomic E-state index is 0.0174. The molecule has 0 aliphatic carbocycles. The topological polar surface area (TPSA) is 66.5 Å². The predicted octanol–water partition coefficient (Wildman–Crippen LogP) is 0.641. The molecule has 1 aliphatic rings. The molecule has 5 nitrogen and oxygen atoms in total. The Hall–Kier alpha value is -1.04. The van der Waals surface area contributed by atoms with Crippen LogP contribution in [0, 0.1) is 5.92 Å². The van der Waals surface area contributed by atoms with Crippen molar-refractivity contribution >= 4 is 29.5 Å². The molecule has 1 saturated heterocycles. The van der Waals surface area contributed by atoms with E-state index in [-0.39, 0.29) is 30.2 Å². The lowest BCUT2D eigenvalue weighted by molar-refractivity contribution is -0.139. The SMILES string of the molecule is CSCCCC(=O)NCCN1C(=O)CC(C)C1=O. The summed E-state index contributed by atoms with van der Waals surface area (Å²) >= 11 is 1.71. The van der Waals surface area contributed by atoms with Crippen LogP contribution in [0.3, 0.4) is 0 Å². The number of nitrogens with one attached hydrogen (secondary N) is 1. The van der Waals surface area contributed by atoms with Crippen LogP contribution in [0.4, 0.5) is 0 Å². The van der Waals surface area contributed by atoms with Crippen LogP contribution in [-0.4, -0.2) is 47.7 Å². The number of nitrogens with zero attached hydrogens (tertiary/aromatic N) is 1. The van der Waals surface area contributed by atoms with E-state index in [0.717, 1.165) is 12.2 Å². The van der Waals surface area contributed by atoms with Gasteiger partial charge in [0.05, 0.1) is 0 Å². The highest BCUT2D eigenvalue weighted by atomic mass is 32.2. The average Bonchev–Trinajstić information content (AvgIpc) is 2.56. The number of hydrogen-bond donors (Lipinski definition) is 1. The zero-order valence-electron chi connectivity index (χ0n) is 10.9. The fourth-order valence-electron chi connectivity index (χ4n) is 1.86. The number of carbonyl (C=O) groups excluding carboxylic acids is 3. The van der Waals surface area contributed by atoms with Crippen LogP contribution in [0.25, 0.3) is 0 Å². The van der Waals surface area contributed by atoms with Gasteiger partial charge in [-0.05, 0) is 18.4 Å². The molecule has 1 fully saturated rings. The number of likely N-dealkylation sites (tertiary alicyclic amines) is 1. The van der Waals surface area contributed by atoms with Crippen LogP contribution in [-0.2, 0) is 14.4 Å². The van der Waals surface area contributed by atoms with Gasteiger partial charge in [0.15, 0.2) is 0 Å². The summed E-state index contributed by atoms with van der Waals surface area (Å²) in [5, 5.41) is 2.73. The Kier molecular flexibility index (Phi) is 6.18. The molecule has 1 heterocycles. The Morgan fingerprint density at radius 1 is 1.50 bits per heavy atom. The van der Waals surface area contributed by atoms with Crippen molar-refractivity contribution in [1.29, 1.82) is 0 Å². The second-order valence-electron chi connectivity index (χ2n) is 4.44. The van der Waals surface area contributed by atoms with Crippen molar-refractivity contribution in [2.75, 3.05) is 25.1 Å². The normalized spacial score (nSPS) is 19.4. The second kappa shape index (κ2) is 7.41. The zero-order chi connectivity index (χ0) is 13.5. The van der Waals surface area contributed by atoms with Gasteiger partial charge in [-0.3, -0.25) is 19.3 Å². The molecule has 1 aliphatic heterocycles. The number of imide groups is 1. The van der Waals surface area contributed by atoms with Crippen molar-refractivity contribution in [3.05, 3.63) is 0 Å². The molecule has 0 bridgehead atoms. The van der Waals surface area contributed by atoms with Gasteiger partial charge in [-0.2, -0.15) is 11.8 Å². The maximum Gasteiger partial charge on any atom is 0.232 e. The summed E-state index contributed by atoms with van der Waals surface area (Å²) in [6.07, 6.45) is 3.65. The molecule has 0 aromatic rings. The van der Waals surface area contributed by atoms with Gasteiger partial charge in [0.2, 0.25) is 17.7 Å². The molecule has 18 heavy (non-hydrogen) atoms. The van der Waals surface area contributed by atoms with Gasteiger partial charge in [0, 0.05) is 31.8 Å². The zero-order valence-corrected chi connectivity index (χ0v) is 11.7. The summed E-state index contributed by atoms with van der Waals surface area (Å²) in [4.78, 5) is 35.7. The minimum Gasteiger partial charge on any atom is -0.354 e. The van der Waals surface area contributed by atoms with Crippen molar-refractivity contribution in [3.63, 3.8) is 0 Å². The number of rotatable bonds is 7. The first kappa shape index (κ1) is 15.0. The van der Waals surface area contributed by atoms with Crippen molar-refractivity contribution in [3.8, 4) is 0 Å². The summed E-state index contributed by atoms with van der Waals surface area (Å²) in [6, 6.07) is 0. The van der Waals surface area contributed by atoms with E-state index >= 15 is 0 Å². The number of carbonyl (C=O) groups is 3. The Labute approximate surface area is 112 Å². The predicted molar refractivity (Wildman–Crippen MR) is 71.1 cm³/mol. The molecule has 0 spiro atoms. The quantitative estimate of drug-likeness (QED) is 0.545. The fourth-order valence-corrected chi connectivity index (χ4v) is 2.29. The summed E-state index contributed by atoms with van der Waals surface area (Å²) in [5.74, 6) is 0.473. The molecule has 1 N–H and O–H groups in total. The average molecular weight is 272 g/mol. The summed E-state index contributed by atoms with van der Waals surface area (Å²) < 4.78 is 0. The Morgan fingerprint density at radius 3 is 2.78 bits per heavy atom. The van der Waals surface area contributed by atoms with Gasteiger partial charge in [-0.25, -0.2) is 0 Å². The van der Waals surface area contributed by atoms with E-state index in [4.69, 9.17) is 0 Å². The third-order valence-electron chi connectivity index (χ3n) is 2.88. The molecular formula is C12H20N2O3S. The summed E-state index contributed by atoms with van der Waals surface area (Å²) in [6.45, 7) is 2.39. The van der Waals surface area contributed by atoms with Gasteiger partial charge >= 0.3 is 0 Å². The maximum absolute atomic E-state index is 11.6. The van der Waals surface area contributed by atoms with Gasteiger partial charge in [0.1, 0.15) is 0 Å². The molecule has 102 valence electrons. The Morgan fingerprint density at radius 2 is 2.22 bits per heavy atom. The molecule has 0 radical (unpaired) electrons. The molecule has 1 unspecified atom stereocenters. The first-order valence-electron chi connectivity index (χ1n) is 6.16. The van der Waals surface area contributed by atoms with E-state index in [2.05, 4.69) is 5.32 Å². The lowest BCUT2D eigenvalue weighted by Crippen LogP contribution is -2.38. The number of thioether (sulfide) groups is 1. The highest BCUT2D eigenvalue weighted by Gasteiger charge is 2.34. The molecule has 0 aromatic carbocycles. The van der Waals surface area contributed by atoms with Crippen LogP contribution in [0.1, 0.15) is 26.2 Å². The van der Waals surface area contributed by atoms with Crippen molar-refractivity contribution in [2.24, 2.45) is 5.92 Å². The van der Waals surface area contributed by atoms with Crippen molar-refractivity contribution < 1.29 is 14.4 Å². The molecule has 6 heteroatoms. The van der Waals surface area contributed by atoms with Crippen LogP contribution >= 0.6 is 11.8 Å². The van der Waals surface area contributed by atoms with E-state index in [1.165, 1.54) is 4.90 Å². The number of hydrogen-bond acceptors (Lipinski definition) is 4. The summed E-state index contributed by atoms with van der Waals surface area (Å²) in [7, 11) is 0. The van der Waals surface area contributed by atoms with Crippen LogP contribution in [0.5, 0.6) is 0 Å². The van der Waals surface area contributed by atoms with Gasteiger partial charge in [0.25, 0.3) is 0 Å². The molecule has 0 aromatic heterocycles. The monoisotopic (exact) mass is 272 g/mol. The van der Waals surface area contributed by atoms with Crippen molar-refractivity contribution in [2.45, 2.75) is 26.2 Å². The molecule has 0 saturated carbocycles. The highest BCUT2D eigenvalue weighted by molar-refractivity contribution is 7.98. The highest BCUT2D eigenvalue weighted by Crippen LogP contribution is 2.17. The first-order valence-corrected chi connectivity index (χ1v) is 7.55. The first-order chi connectivity index (χ1) is 8.56. The number of amides is 3. The van der Waals surface area contributed by atoms with Gasteiger partial charge < -0.3 is 5.32 Å². The lowest BCUT2D eigenvalue weighted by atomic mass is 10.1. The van der Waals surface area contributed by atoms with E-state index in [0.29, 0.717) is 19.4 Å². The van der Waals surface area contributed by atoms with E-state index < -0.39 is 0 Å². The van der Waals surface area contributed by atoms with Crippen LogP contribution < -0.4 is 5.32 Å². The third-order valence-corrected chi connectivity index (χ3v) is 3.58. The minimum atomic E-state index is -0.213. The standard InChI is InChI=1S/C12H20N2O3S/c1-9-8-11(16)14(12(9)17)6-5-13-10(15)4-3-7-18-2/h9H,3-8H2,1-2H3,(H,13,15).